The van der Waals surface area contributed by atoms with Crippen LogP contribution in [0.1, 0.15) is 23.8 Å². The molecule has 0 fully saturated rings. The van der Waals surface area contributed by atoms with Crippen LogP contribution in [-0.4, -0.2) is 30.1 Å². The van der Waals surface area contributed by atoms with Gasteiger partial charge in [-0.3, -0.25) is 0 Å². The number of alkyl halides is 3. The second-order valence-electron chi connectivity index (χ2n) is 8.86. The summed E-state index contributed by atoms with van der Waals surface area (Å²) in [6.45, 7) is 2.80. The van der Waals surface area contributed by atoms with E-state index in [1.54, 1.807) is 6.92 Å². The summed E-state index contributed by atoms with van der Waals surface area (Å²) in [6, 6.07) is 26.9. The summed E-state index contributed by atoms with van der Waals surface area (Å²) in [6.07, 6.45) is -4.19. The zero-order valence-electron chi connectivity index (χ0n) is 21.2. The van der Waals surface area contributed by atoms with Gasteiger partial charge >= 0.3 is 12.3 Å². The first kappa shape index (κ1) is 26.2. The molecule has 0 bridgehead atoms. The van der Waals surface area contributed by atoms with E-state index < -0.39 is 12.3 Å². The van der Waals surface area contributed by atoms with Crippen molar-refractivity contribution in [2.24, 2.45) is 0 Å². The highest BCUT2D eigenvalue weighted by atomic mass is 19.4. The third-order valence-electron chi connectivity index (χ3n) is 6.35. The topological polar surface area (TPSA) is 49.7 Å². The monoisotopic (exact) mass is 533 g/mol. The fourth-order valence-corrected chi connectivity index (χ4v) is 4.79. The number of hydrogen-bond donors (Lipinski definition) is 0. The van der Waals surface area contributed by atoms with Crippen LogP contribution in [0.2, 0.25) is 0 Å². The molecule has 0 spiro atoms. The third kappa shape index (κ3) is 5.70. The Labute approximate surface area is 223 Å². The molecule has 39 heavy (non-hydrogen) atoms. The van der Waals surface area contributed by atoms with Gasteiger partial charge in [-0.1, -0.05) is 66.7 Å². The lowest BCUT2D eigenvalue weighted by atomic mass is 10.0. The molecular weight excluding hydrogens is 507 g/mol. The summed E-state index contributed by atoms with van der Waals surface area (Å²) in [5.74, 6) is -0.0505. The Kier molecular flexibility index (Phi) is 7.45. The van der Waals surface area contributed by atoms with Crippen molar-refractivity contribution >= 4 is 27.6 Å². The highest BCUT2D eigenvalue weighted by Gasteiger charge is 2.31. The van der Waals surface area contributed by atoms with Crippen molar-refractivity contribution in [2.45, 2.75) is 26.3 Å². The van der Waals surface area contributed by atoms with Crippen molar-refractivity contribution in [3.05, 3.63) is 96.7 Å². The Morgan fingerprint density at radius 2 is 1.54 bits per heavy atom. The Balaban J connectivity index is 1.46. The summed E-state index contributed by atoms with van der Waals surface area (Å²) in [5.41, 5.74) is 2.33. The molecule has 0 aliphatic heterocycles. The lowest BCUT2D eigenvalue weighted by Gasteiger charge is -2.13. The Bertz CT molecular complexity index is 1600. The molecule has 8 heteroatoms. The van der Waals surface area contributed by atoms with Gasteiger partial charge in [-0.05, 0) is 48.6 Å². The van der Waals surface area contributed by atoms with E-state index in [2.05, 4.69) is 4.74 Å². The van der Waals surface area contributed by atoms with Crippen LogP contribution in [0.5, 0.6) is 11.5 Å². The van der Waals surface area contributed by atoms with Crippen LogP contribution in [0.15, 0.2) is 91.0 Å². The van der Waals surface area contributed by atoms with Gasteiger partial charge in [-0.25, -0.2) is 4.79 Å². The van der Waals surface area contributed by atoms with Crippen molar-refractivity contribution in [3.63, 3.8) is 0 Å². The van der Waals surface area contributed by atoms with Gasteiger partial charge in [0, 0.05) is 28.4 Å². The molecule has 5 rings (SSSR count). The standard InChI is InChI=1S/C31H26F3NO4/c1-2-37-30(36)29-28(22-15-17-23(18-16-22)39-31(32,33)34)25-12-5-6-13-26(25)35(29)19-8-20-38-27-14-7-10-21-9-3-4-11-24(21)27/h3-7,9-18H,2,8,19-20H2,1H3. The summed E-state index contributed by atoms with van der Waals surface area (Å²) in [5, 5.41) is 2.91. The smallest absolute Gasteiger partial charge is 0.493 e. The van der Waals surface area contributed by atoms with E-state index in [0.29, 0.717) is 36.4 Å². The number of rotatable bonds is 9. The third-order valence-corrected chi connectivity index (χ3v) is 6.35. The van der Waals surface area contributed by atoms with Gasteiger partial charge in [0.2, 0.25) is 0 Å². The average molecular weight is 534 g/mol. The van der Waals surface area contributed by atoms with Crippen LogP contribution in [0.25, 0.3) is 32.8 Å². The summed E-state index contributed by atoms with van der Waals surface area (Å²) in [4.78, 5) is 13.2. The van der Waals surface area contributed by atoms with E-state index in [1.165, 1.54) is 24.3 Å². The summed E-state index contributed by atoms with van der Waals surface area (Å²) in [7, 11) is 0. The maximum absolute atomic E-state index is 13.2. The van der Waals surface area contributed by atoms with Crippen LogP contribution in [0, 0.1) is 0 Å². The minimum atomic E-state index is -4.79. The van der Waals surface area contributed by atoms with Gasteiger partial charge in [0.25, 0.3) is 0 Å². The molecule has 5 nitrogen and oxygen atoms in total. The molecule has 200 valence electrons. The number of fused-ring (bicyclic) bond motifs is 2. The van der Waals surface area contributed by atoms with Crippen molar-refractivity contribution in [3.8, 4) is 22.6 Å². The number of carbonyl (C=O) groups excluding carboxylic acids is 1. The molecular formula is C31H26F3NO4. The van der Waals surface area contributed by atoms with Crippen molar-refractivity contribution in [1.82, 2.24) is 4.57 Å². The first-order chi connectivity index (χ1) is 18.9. The number of hydrogen-bond acceptors (Lipinski definition) is 4. The lowest BCUT2D eigenvalue weighted by molar-refractivity contribution is -0.274. The summed E-state index contributed by atoms with van der Waals surface area (Å²) >= 11 is 0. The Morgan fingerprint density at radius 1 is 0.846 bits per heavy atom. The highest BCUT2D eigenvalue weighted by molar-refractivity contribution is 6.08. The number of esters is 1. The SMILES string of the molecule is CCOC(=O)c1c(-c2ccc(OC(F)(F)F)cc2)c2ccccc2n1CCCOc1cccc2ccccc12. The molecule has 4 aromatic carbocycles. The van der Waals surface area contributed by atoms with Gasteiger partial charge in [-0.2, -0.15) is 0 Å². The molecule has 0 radical (unpaired) electrons. The number of carbonyl (C=O) groups is 1. The molecule has 5 aromatic rings. The minimum absolute atomic E-state index is 0.183. The Hall–Kier alpha value is -4.46. The minimum Gasteiger partial charge on any atom is -0.493 e. The van der Waals surface area contributed by atoms with E-state index in [9.17, 15) is 18.0 Å². The quantitative estimate of drug-likeness (QED) is 0.142. The number of para-hydroxylation sites is 1. The molecule has 1 heterocycles. The molecule has 0 atom stereocenters. The average Bonchev–Trinajstić information content (AvgIpc) is 3.25. The molecule has 0 aliphatic carbocycles. The summed E-state index contributed by atoms with van der Waals surface area (Å²) < 4.78 is 55.4. The van der Waals surface area contributed by atoms with Crippen LogP contribution < -0.4 is 9.47 Å². The van der Waals surface area contributed by atoms with E-state index in [1.807, 2.05) is 71.3 Å². The second-order valence-corrected chi connectivity index (χ2v) is 8.86. The maximum Gasteiger partial charge on any atom is 0.573 e. The number of aryl methyl sites for hydroxylation is 1. The number of benzene rings is 4. The lowest BCUT2D eigenvalue weighted by Crippen LogP contribution is -2.17. The molecule has 0 saturated heterocycles. The van der Waals surface area contributed by atoms with E-state index in [-0.39, 0.29) is 12.4 Å². The van der Waals surface area contributed by atoms with Gasteiger partial charge in [0.1, 0.15) is 17.2 Å². The van der Waals surface area contributed by atoms with Gasteiger partial charge in [-0.15, -0.1) is 13.2 Å². The highest BCUT2D eigenvalue weighted by Crippen LogP contribution is 2.37. The van der Waals surface area contributed by atoms with Crippen LogP contribution in [-0.2, 0) is 11.3 Å². The van der Waals surface area contributed by atoms with Crippen LogP contribution >= 0.6 is 0 Å². The van der Waals surface area contributed by atoms with Gasteiger partial charge < -0.3 is 18.8 Å². The molecule has 0 amide bonds. The van der Waals surface area contributed by atoms with E-state index in [4.69, 9.17) is 9.47 Å². The van der Waals surface area contributed by atoms with E-state index >= 15 is 0 Å². The second kappa shape index (κ2) is 11.1. The first-order valence-corrected chi connectivity index (χ1v) is 12.6. The van der Waals surface area contributed by atoms with Gasteiger partial charge in [0.15, 0.2) is 0 Å². The molecule has 0 aliphatic rings. The number of halogens is 3. The first-order valence-electron chi connectivity index (χ1n) is 12.6. The Morgan fingerprint density at radius 3 is 2.28 bits per heavy atom. The fraction of sp³-hybridized carbons (Fsp3) is 0.194. The van der Waals surface area contributed by atoms with Crippen LogP contribution in [0.4, 0.5) is 13.2 Å². The molecule has 0 saturated carbocycles. The predicted octanol–water partition coefficient (Wildman–Crippen LogP) is 8.01. The van der Waals surface area contributed by atoms with Crippen molar-refractivity contribution < 1.29 is 32.2 Å². The van der Waals surface area contributed by atoms with E-state index in [0.717, 1.165) is 27.4 Å². The zero-order chi connectivity index (χ0) is 27.4. The number of aromatic nitrogens is 1. The van der Waals surface area contributed by atoms with Crippen molar-refractivity contribution in [2.75, 3.05) is 13.2 Å². The normalized spacial score (nSPS) is 11.6. The number of nitrogens with zero attached hydrogens (tertiary/aromatic N) is 1. The number of ether oxygens (including phenoxy) is 3. The maximum atomic E-state index is 13.2. The molecule has 1 aromatic heterocycles. The largest absolute Gasteiger partial charge is 0.573 e. The zero-order valence-corrected chi connectivity index (χ0v) is 21.2. The fourth-order valence-electron chi connectivity index (χ4n) is 4.79. The molecule has 0 N–H and O–H groups in total. The predicted molar refractivity (Wildman–Crippen MR) is 144 cm³/mol. The van der Waals surface area contributed by atoms with Crippen molar-refractivity contribution in [1.29, 1.82) is 0 Å². The molecule has 0 unspecified atom stereocenters. The van der Waals surface area contributed by atoms with Crippen LogP contribution in [0.3, 0.4) is 0 Å². The van der Waals surface area contributed by atoms with Gasteiger partial charge in [0.05, 0.1) is 13.2 Å².